The number of carbonyl (C=O) groups is 1. The first-order chi connectivity index (χ1) is 33.6. The molecule has 0 amide bonds. The first kappa shape index (κ1) is 64.1. The summed E-state index contributed by atoms with van der Waals surface area (Å²) in [5.74, 6) is -0.368. The Balaban J connectivity index is 1.71. The van der Waals surface area contributed by atoms with E-state index in [4.69, 9.17) is 28.4 Å². The van der Waals surface area contributed by atoms with Crippen molar-refractivity contribution >= 4 is 5.97 Å². The van der Waals surface area contributed by atoms with E-state index in [-0.39, 0.29) is 25.6 Å². The van der Waals surface area contributed by atoms with Crippen LogP contribution in [0.3, 0.4) is 0 Å². The second-order valence-electron chi connectivity index (χ2n) is 20.5. The van der Waals surface area contributed by atoms with Crippen LogP contribution in [-0.4, -0.2) is 142 Å². The summed E-state index contributed by atoms with van der Waals surface area (Å²) >= 11 is 0. The molecule has 0 bridgehead atoms. The van der Waals surface area contributed by atoms with Crippen molar-refractivity contribution in [1.29, 1.82) is 0 Å². The molecule has 69 heavy (non-hydrogen) atoms. The van der Waals surface area contributed by atoms with E-state index >= 15 is 0 Å². The Kier molecular flexibility index (Phi) is 40.3. The van der Waals surface area contributed by atoms with E-state index in [0.717, 1.165) is 44.9 Å². The molecule has 0 spiro atoms. The Morgan fingerprint density at radius 2 is 0.768 bits per heavy atom. The standard InChI is InChI=1S/C55H106O14/c1-3-5-7-9-11-13-15-17-19-20-21-22-23-25-27-29-31-33-35-37-39-64-41-44(67-47(57)38-36-34-32-30-28-26-24-18-16-14-12-10-8-6-4-2)42-65-54-53(63)51(61)49(59)46(69-54)43-66-55-52(62)50(60)48(58)45(40-56)68-55/h44-46,48-56,58-63H,3-43H2,1-2H3. The van der Waals surface area contributed by atoms with Crippen molar-refractivity contribution < 1.29 is 69.0 Å². The molecule has 14 nitrogen and oxygen atoms in total. The van der Waals surface area contributed by atoms with Crippen LogP contribution in [0, 0.1) is 0 Å². The molecule has 2 aliphatic heterocycles. The second-order valence-corrected chi connectivity index (χ2v) is 20.5. The fraction of sp³-hybridized carbons (Fsp3) is 0.982. The number of unbranched alkanes of at least 4 members (excludes halogenated alkanes) is 33. The van der Waals surface area contributed by atoms with Crippen molar-refractivity contribution in [3.8, 4) is 0 Å². The number of ether oxygens (including phenoxy) is 6. The molecule has 11 unspecified atom stereocenters. The lowest BCUT2D eigenvalue weighted by molar-refractivity contribution is -0.332. The van der Waals surface area contributed by atoms with Crippen LogP contribution in [0.5, 0.6) is 0 Å². The van der Waals surface area contributed by atoms with Gasteiger partial charge in [0.25, 0.3) is 0 Å². The van der Waals surface area contributed by atoms with Gasteiger partial charge in [0.05, 0.1) is 26.4 Å². The molecule has 2 aliphatic rings. The maximum absolute atomic E-state index is 13.0. The first-order valence-electron chi connectivity index (χ1n) is 28.6. The van der Waals surface area contributed by atoms with Gasteiger partial charge in [-0.05, 0) is 12.8 Å². The predicted molar refractivity (Wildman–Crippen MR) is 271 cm³/mol. The topological polar surface area (TPSA) is 214 Å². The van der Waals surface area contributed by atoms with Crippen molar-refractivity contribution in [1.82, 2.24) is 0 Å². The quantitative estimate of drug-likeness (QED) is 0.0223. The average Bonchev–Trinajstić information content (AvgIpc) is 3.35. The third-order valence-corrected chi connectivity index (χ3v) is 14.1. The van der Waals surface area contributed by atoms with Crippen LogP contribution in [0.25, 0.3) is 0 Å². The molecule has 7 N–H and O–H groups in total. The summed E-state index contributed by atoms with van der Waals surface area (Å²) in [7, 11) is 0. The van der Waals surface area contributed by atoms with Crippen molar-refractivity contribution in [2.24, 2.45) is 0 Å². The molecular weight excluding hydrogens is 885 g/mol. The van der Waals surface area contributed by atoms with Crippen LogP contribution in [0.2, 0.25) is 0 Å². The van der Waals surface area contributed by atoms with E-state index < -0.39 is 80.7 Å². The second kappa shape index (κ2) is 43.4. The Morgan fingerprint density at radius 1 is 0.420 bits per heavy atom. The minimum absolute atomic E-state index is 0.0708. The summed E-state index contributed by atoms with van der Waals surface area (Å²) in [6, 6.07) is 0. The summed E-state index contributed by atoms with van der Waals surface area (Å²) < 4.78 is 34.4. The van der Waals surface area contributed by atoms with Crippen LogP contribution in [0.15, 0.2) is 0 Å². The van der Waals surface area contributed by atoms with Crippen molar-refractivity contribution in [3.05, 3.63) is 0 Å². The molecule has 2 rings (SSSR count). The lowest BCUT2D eigenvalue weighted by atomic mass is 9.98. The normalized spacial score (nSPS) is 25.6. The smallest absolute Gasteiger partial charge is 0.306 e. The van der Waals surface area contributed by atoms with E-state index in [1.165, 1.54) is 180 Å². The van der Waals surface area contributed by atoms with Gasteiger partial charge in [-0.1, -0.05) is 226 Å². The molecule has 2 fully saturated rings. The lowest BCUT2D eigenvalue weighted by Crippen LogP contribution is -2.61. The van der Waals surface area contributed by atoms with Crippen molar-refractivity contribution in [3.63, 3.8) is 0 Å². The highest BCUT2D eigenvalue weighted by molar-refractivity contribution is 5.69. The number of aliphatic hydroxyl groups is 7. The minimum Gasteiger partial charge on any atom is -0.457 e. The molecule has 410 valence electrons. The highest BCUT2D eigenvalue weighted by Gasteiger charge is 2.47. The van der Waals surface area contributed by atoms with Gasteiger partial charge in [-0.25, -0.2) is 0 Å². The van der Waals surface area contributed by atoms with Gasteiger partial charge in [0.1, 0.15) is 54.9 Å². The van der Waals surface area contributed by atoms with Crippen LogP contribution in [0.4, 0.5) is 0 Å². The SMILES string of the molecule is CCCCCCCCCCCCCCCCCCCCCCOCC(COC1OC(COC2OC(CO)C(O)C(O)C2O)C(O)C(O)C1O)OC(=O)CCCCCCCCCCCCCCCCC. The molecular formula is C55H106O14. The molecule has 0 aromatic rings. The Hall–Kier alpha value is -1.01. The summed E-state index contributed by atoms with van der Waals surface area (Å²) in [4.78, 5) is 13.0. The number of rotatable bonds is 47. The summed E-state index contributed by atoms with van der Waals surface area (Å²) in [6.45, 7) is 3.76. The highest BCUT2D eigenvalue weighted by Crippen LogP contribution is 2.27. The van der Waals surface area contributed by atoms with Gasteiger partial charge in [0, 0.05) is 13.0 Å². The number of hydrogen-bond donors (Lipinski definition) is 7. The summed E-state index contributed by atoms with van der Waals surface area (Å²) in [5.41, 5.74) is 0. The molecule has 0 aromatic heterocycles. The van der Waals surface area contributed by atoms with E-state index in [1.807, 2.05) is 0 Å². The van der Waals surface area contributed by atoms with Crippen molar-refractivity contribution in [2.75, 3.05) is 33.0 Å². The number of esters is 1. The molecule has 0 saturated carbocycles. The third-order valence-electron chi connectivity index (χ3n) is 14.1. The lowest BCUT2D eigenvalue weighted by Gasteiger charge is -2.42. The number of aliphatic hydroxyl groups excluding tert-OH is 7. The maximum Gasteiger partial charge on any atom is 0.306 e. The van der Waals surface area contributed by atoms with Gasteiger partial charge in [-0.3, -0.25) is 4.79 Å². The van der Waals surface area contributed by atoms with Gasteiger partial charge in [-0.15, -0.1) is 0 Å². The highest BCUT2D eigenvalue weighted by atomic mass is 16.7. The summed E-state index contributed by atoms with van der Waals surface area (Å²) in [6.07, 6.45) is 28.8. The molecule has 14 heteroatoms. The fourth-order valence-electron chi connectivity index (χ4n) is 9.46. The zero-order valence-electron chi connectivity index (χ0n) is 43.8. The molecule has 0 aromatic carbocycles. The predicted octanol–water partition coefficient (Wildman–Crippen LogP) is 9.64. The van der Waals surface area contributed by atoms with E-state index in [9.17, 15) is 40.5 Å². The van der Waals surface area contributed by atoms with Crippen molar-refractivity contribution in [2.45, 2.75) is 313 Å². The monoisotopic (exact) mass is 991 g/mol. The number of carbonyl (C=O) groups excluding carboxylic acids is 1. The van der Waals surface area contributed by atoms with Gasteiger partial charge in [-0.2, -0.15) is 0 Å². The average molecular weight is 991 g/mol. The Labute approximate surface area is 419 Å². The fourth-order valence-corrected chi connectivity index (χ4v) is 9.46. The zero-order chi connectivity index (χ0) is 50.2. The third kappa shape index (κ3) is 30.7. The largest absolute Gasteiger partial charge is 0.457 e. The maximum atomic E-state index is 13.0. The number of hydrogen-bond acceptors (Lipinski definition) is 14. The van der Waals surface area contributed by atoms with Gasteiger partial charge in [0.15, 0.2) is 12.6 Å². The van der Waals surface area contributed by atoms with E-state index in [0.29, 0.717) is 6.61 Å². The Bertz CT molecular complexity index is 1150. The van der Waals surface area contributed by atoms with Gasteiger partial charge < -0.3 is 64.2 Å². The van der Waals surface area contributed by atoms with Crippen LogP contribution in [0.1, 0.15) is 245 Å². The first-order valence-corrected chi connectivity index (χ1v) is 28.6. The molecule has 2 saturated heterocycles. The molecule has 0 radical (unpaired) electrons. The van der Waals surface area contributed by atoms with Crippen LogP contribution >= 0.6 is 0 Å². The van der Waals surface area contributed by atoms with E-state index in [2.05, 4.69) is 13.8 Å². The molecule has 11 atom stereocenters. The summed E-state index contributed by atoms with van der Waals surface area (Å²) in [5, 5.41) is 72.3. The minimum atomic E-state index is -1.70. The zero-order valence-corrected chi connectivity index (χ0v) is 43.8. The molecule has 2 heterocycles. The van der Waals surface area contributed by atoms with E-state index in [1.54, 1.807) is 0 Å². The van der Waals surface area contributed by atoms with Gasteiger partial charge in [0.2, 0.25) is 0 Å². The molecule has 0 aliphatic carbocycles. The Morgan fingerprint density at radius 3 is 1.17 bits per heavy atom. The van der Waals surface area contributed by atoms with Crippen LogP contribution < -0.4 is 0 Å². The van der Waals surface area contributed by atoms with Crippen LogP contribution in [-0.2, 0) is 33.2 Å². The van der Waals surface area contributed by atoms with Gasteiger partial charge >= 0.3 is 5.97 Å².